The number of rotatable bonds is 3. The van der Waals surface area contributed by atoms with Gasteiger partial charge in [0.05, 0.1) is 0 Å². The molecule has 3 rings (SSSR count). The molecule has 1 aliphatic rings. The van der Waals surface area contributed by atoms with Crippen LogP contribution >= 0.6 is 11.6 Å². The number of piperazine rings is 1. The van der Waals surface area contributed by atoms with Crippen molar-refractivity contribution in [2.24, 2.45) is 0 Å². The van der Waals surface area contributed by atoms with E-state index in [4.69, 9.17) is 11.6 Å². The summed E-state index contributed by atoms with van der Waals surface area (Å²) < 4.78 is 0. The Labute approximate surface area is 145 Å². The van der Waals surface area contributed by atoms with Crippen LogP contribution in [0.2, 0.25) is 5.02 Å². The summed E-state index contributed by atoms with van der Waals surface area (Å²) in [6.45, 7) is 5.85. The molecule has 5 nitrogen and oxygen atoms in total. The van der Waals surface area contributed by atoms with Crippen LogP contribution in [0, 0.1) is 6.92 Å². The summed E-state index contributed by atoms with van der Waals surface area (Å²) in [6.07, 6.45) is 1.51. The molecule has 1 amide bonds. The average molecular weight is 346 g/mol. The van der Waals surface area contributed by atoms with Gasteiger partial charge in [-0.2, -0.15) is 0 Å². The van der Waals surface area contributed by atoms with Crippen molar-refractivity contribution in [1.82, 2.24) is 14.8 Å². The van der Waals surface area contributed by atoms with Gasteiger partial charge in [-0.25, -0.2) is 0 Å². The van der Waals surface area contributed by atoms with Crippen molar-refractivity contribution >= 4 is 17.5 Å². The number of nitrogens with one attached hydrogen (secondary N) is 1. The maximum absolute atomic E-state index is 12.4. The molecule has 2 aromatic rings. The third-order valence-electron chi connectivity index (χ3n) is 4.36. The Morgan fingerprint density at radius 2 is 1.92 bits per heavy atom. The minimum atomic E-state index is -0.158. The lowest BCUT2D eigenvalue weighted by atomic mass is 10.1. The van der Waals surface area contributed by atoms with Gasteiger partial charge in [0.2, 0.25) is 0 Å². The summed E-state index contributed by atoms with van der Waals surface area (Å²) in [5, 5.41) is 0.753. The average Bonchev–Trinajstić information content (AvgIpc) is 2.57. The number of halogens is 1. The fourth-order valence-corrected chi connectivity index (χ4v) is 3.15. The Bertz CT molecular complexity index is 795. The topological polar surface area (TPSA) is 56.4 Å². The third-order valence-corrected chi connectivity index (χ3v) is 4.60. The van der Waals surface area contributed by atoms with E-state index in [9.17, 15) is 9.59 Å². The van der Waals surface area contributed by atoms with Crippen molar-refractivity contribution < 1.29 is 4.79 Å². The number of aryl methyl sites for hydroxylation is 1. The summed E-state index contributed by atoms with van der Waals surface area (Å²) in [5.74, 6) is -0.116. The highest BCUT2D eigenvalue weighted by atomic mass is 35.5. The van der Waals surface area contributed by atoms with E-state index in [2.05, 4.69) is 22.9 Å². The van der Waals surface area contributed by atoms with E-state index < -0.39 is 0 Å². The van der Waals surface area contributed by atoms with Crippen molar-refractivity contribution in [2.75, 3.05) is 26.2 Å². The highest BCUT2D eigenvalue weighted by Crippen LogP contribution is 2.18. The van der Waals surface area contributed by atoms with E-state index in [0.717, 1.165) is 24.7 Å². The maximum atomic E-state index is 12.4. The maximum Gasteiger partial charge on any atom is 0.270 e. The molecule has 2 heterocycles. The van der Waals surface area contributed by atoms with E-state index in [1.807, 2.05) is 12.1 Å². The molecule has 0 bridgehead atoms. The standard InChI is InChI=1S/C18H20ClN3O2/c1-13-10-15(19)3-2-14(13)12-21-6-8-22(9-7-21)18(24)17-11-16(23)4-5-20-17/h2-5,10-11H,6-9,12H2,1H3,(H,20,23). The van der Waals surface area contributed by atoms with Crippen molar-refractivity contribution in [2.45, 2.75) is 13.5 Å². The molecule has 0 aliphatic carbocycles. The number of carbonyl (C=O) groups excluding carboxylic acids is 1. The molecule has 1 fully saturated rings. The number of aromatic nitrogens is 1. The smallest absolute Gasteiger partial charge is 0.270 e. The van der Waals surface area contributed by atoms with Gasteiger partial charge >= 0.3 is 0 Å². The highest BCUT2D eigenvalue weighted by molar-refractivity contribution is 6.30. The number of nitrogens with zero attached hydrogens (tertiary/aromatic N) is 2. The Morgan fingerprint density at radius 3 is 2.58 bits per heavy atom. The van der Waals surface area contributed by atoms with Crippen molar-refractivity contribution in [3.05, 3.63) is 68.6 Å². The molecular weight excluding hydrogens is 326 g/mol. The second kappa shape index (κ2) is 7.20. The number of amides is 1. The lowest BCUT2D eigenvalue weighted by molar-refractivity contribution is 0.0622. The molecule has 24 heavy (non-hydrogen) atoms. The number of carbonyl (C=O) groups is 1. The number of hydrogen-bond donors (Lipinski definition) is 1. The monoisotopic (exact) mass is 345 g/mol. The summed E-state index contributed by atoms with van der Waals surface area (Å²) in [7, 11) is 0. The number of pyridine rings is 1. The molecule has 126 valence electrons. The van der Waals surface area contributed by atoms with E-state index in [1.54, 1.807) is 4.90 Å². The zero-order chi connectivity index (χ0) is 17.1. The lowest BCUT2D eigenvalue weighted by Crippen LogP contribution is -2.48. The van der Waals surface area contributed by atoms with E-state index >= 15 is 0 Å². The first-order valence-electron chi connectivity index (χ1n) is 7.98. The van der Waals surface area contributed by atoms with Crippen LogP contribution in [0.15, 0.2) is 41.3 Å². The molecule has 1 aromatic carbocycles. The fraction of sp³-hybridized carbons (Fsp3) is 0.333. The summed E-state index contributed by atoms with van der Waals surface area (Å²) >= 11 is 6.00. The van der Waals surface area contributed by atoms with Crippen LogP contribution in [-0.4, -0.2) is 46.9 Å². The van der Waals surface area contributed by atoms with Crippen molar-refractivity contribution in [1.29, 1.82) is 0 Å². The summed E-state index contributed by atoms with van der Waals surface area (Å²) in [5.41, 5.74) is 2.63. The van der Waals surface area contributed by atoms with Crippen LogP contribution in [0.4, 0.5) is 0 Å². The largest absolute Gasteiger partial charge is 0.357 e. The second-order valence-electron chi connectivity index (χ2n) is 6.08. The minimum Gasteiger partial charge on any atom is -0.357 e. The van der Waals surface area contributed by atoms with Gasteiger partial charge in [-0.15, -0.1) is 0 Å². The molecule has 1 saturated heterocycles. The van der Waals surface area contributed by atoms with Gasteiger partial charge in [0.15, 0.2) is 5.43 Å². The molecular formula is C18H20ClN3O2. The predicted molar refractivity (Wildman–Crippen MR) is 94.4 cm³/mol. The Kier molecular flexibility index (Phi) is 5.02. The SMILES string of the molecule is Cc1cc(Cl)ccc1CN1CCN(C(=O)c2cc(=O)cc[nH]2)CC1. The molecule has 1 N–H and O–H groups in total. The Morgan fingerprint density at radius 1 is 1.17 bits per heavy atom. The Hall–Kier alpha value is -2.11. The summed E-state index contributed by atoms with van der Waals surface area (Å²) in [6, 6.07) is 8.71. The zero-order valence-corrected chi connectivity index (χ0v) is 14.3. The van der Waals surface area contributed by atoms with Crippen molar-refractivity contribution in [3.8, 4) is 0 Å². The van der Waals surface area contributed by atoms with E-state index in [0.29, 0.717) is 18.8 Å². The van der Waals surface area contributed by atoms with Crippen LogP contribution in [0.5, 0.6) is 0 Å². The van der Waals surface area contributed by atoms with Crippen LogP contribution in [0.3, 0.4) is 0 Å². The molecule has 0 radical (unpaired) electrons. The fourth-order valence-electron chi connectivity index (χ4n) is 2.93. The lowest BCUT2D eigenvalue weighted by Gasteiger charge is -2.35. The highest BCUT2D eigenvalue weighted by Gasteiger charge is 2.22. The normalized spacial score (nSPS) is 15.5. The zero-order valence-electron chi connectivity index (χ0n) is 13.6. The first-order valence-corrected chi connectivity index (χ1v) is 8.36. The van der Waals surface area contributed by atoms with Crippen molar-refractivity contribution in [3.63, 3.8) is 0 Å². The van der Waals surface area contributed by atoms with Gasteiger partial charge in [0, 0.05) is 56.1 Å². The van der Waals surface area contributed by atoms with Gasteiger partial charge in [0.1, 0.15) is 5.69 Å². The quantitative estimate of drug-likeness (QED) is 0.928. The van der Waals surface area contributed by atoms with E-state index in [-0.39, 0.29) is 11.3 Å². The predicted octanol–water partition coefficient (Wildman–Crippen LogP) is 2.29. The first kappa shape index (κ1) is 16.7. The molecule has 0 atom stereocenters. The van der Waals surface area contributed by atoms with Crippen LogP contribution in [0.25, 0.3) is 0 Å². The molecule has 6 heteroatoms. The molecule has 1 aromatic heterocycles. The number of aromatic amines is 1. The minimum absolute atomic E-state index is 0.116. The van der Waals surface area contributed by atoms with Crippen LogP contribution in [0.1, 0.15) is 21.6 Å². The first-order chi connectivity index (χ1) is 11.5. The van der Waals surface area contributed by atoms with Gasteiger partial charge < -0.3 is 9.88 Å². The van der Waals surface area contributed by atoms with Gasteiger partial charge in [0.25, 0.3) is 5.91 Å². The molecule has 1 aliphatic heterocycles. The Balaban J connectivity index is 1.59. The van der Waals surface area contributed by atoms with Gasteiger partial charge in [-0.3, -0.25) is 14.5 Å². The van der Waals surface area contributed by atoms with Gasteiger partial charge in [-0.05, 0) is 30.2 Å². The van der Waals surface area contributed by atoms with Gasteiger partial charge in [-0.1, -0.05) is 17.7 Å². The molecule has 0 unspecified atom stereocenters. The summed E-state index contributed by atoms with van der Waals surface area (Å²) in [4.78, 5) is 30.8. The molecule has 0 saturated carbocycles. The molecule has 0 spiro atoms. The van der Waals surface area contributed by atoms with E-state index in [1.165, 1.54) is 29.5 Å². The number of H-pyrrole nitrogens is 1. The number of hydrogen-bond acceptors (Lipinski definition) is 3. The third kappa shape index (κ3) is 3.86. The van der Waals surface area contributed by atoms with Crippen LogP contribution < -0.4 is 5.43 Å². The second-order valence-corrected chi connectivity index (χ2v) is 6.51. The number of benzene rings is 1. The van der Waals surface area contributed by atoms with Crippen LogP contribution in [-0.2, 0) is 6.54 Å².